The molecule has 0 spiro atoms. The van der Waals surface area contributed by atoms with Gasteiger partial charge in [-0.05, 0) is 52.3 Å². The van der Waals surface area contributed by atoms with Crippen LogP contribution in [0.4, 0.5) is 5.69 Å². The molecule has 21 heavy (non-hydrogen) atoms. The number of benzene rings is 1. The van der Waals surface area contributed by atoms with Crippen molar-refractivity contribution in [1.29, 1.82) is 0 Å². The van der Waals surface area contributed by atoms with Crippen molar-refractivity contribution in [2.24, 2.45) is 0 Å². The summed E-state index contributed by atoms with van der Waals surface area (Å²) < 4.78 is 16.8. The second-order valence-corrected chi connectivity index (χ2v) is 6.32. The fourth-order valence-electron chi connectivity index (χ4n) is 2.35. The van der Waals surface area contributed by atoms with Crippen LogP contribution < -0.4 is 11.2 Å². The van der Waals surface area contributed by atoms with Crippen LogP contribution in [0.25, 0.3) is 0 Å². The highest BCUT2D eigenvalue weighted by Gasteiger charge is 2.52. The molecular weight excluding hydrogens is 269 g/mol. The van der Waals surface area contributed by atoms with Crippen LogP contribution in [0.1, 0.15) is 43.6 Å². The summed E-state index contributed by atoms with van der Waals surface area (Å²) in [5.41, 5.74) is 7.58. The lowest BCUT2D eigenvalue weighted by Crippen LogP contribution is -2.41. The van der Waals surface area contributed by atoms with E-state index in [4.69, 9.17) is 19.8 Å². The van der Waals surface area contributed by atoms with Gasteiger partial charge in [0, 0.05) is 11.2 Å². The predicted octanol–water partition coefficient (Wildman–Crippen LogP) is 1.66. The Balaban J connectivity index is 2.48. The van der Waals surface area contributed by atoms with E-state index >= 15 is 0 Å². The van der Waals surface area contributed by atoms with Gasteiger partial charge >= 0.3 is 13.1 Å². The predicted molar refractivity (Wildman–Crippen MR) is 82.6 cm³/mol. The molecule has 0 aromatic heterocycles. The molecule has 1 aliphatic rings. The van der Waals surface area contributed by atoms with E-state index in [1.54, 1.807) is 12.1 Å². The zero-order chi connectivity index (χ0) is 16.0. The van der Waals surface area contributed by atoms with Gasteiger partial charge in [-0.3, -0.25) is 0 Å². The number of rotatable bonds is 2. The Morgan fingerprint density at radius 1 is 1.19 bits per heavy atom. The normalized spacial score (nSPS) is 19.6. The topological polar surface area (TPSA) is 70.8 Å². The van der Waals surface area contributed by atoms with Gasteiger partial charge in [0.25, 0.3) is 0 Å². The molecule has 1 fully saturated rings. The Morgan fingerprint density at radius 2 is 1.71 bits per heavy atom. The van der Waals surface area contributed by atoms with E-state index in [2.05, 4.69) is 0 Å². The van der Waals surface area contributed by atoms with Crippen molar-refractivity contribution in [3.63, 3.8) is 0 Å². The summed E-state index contributed by atoms with van der Waals surface area (Å²) in [5.74, 6) is -0.398. The lowest BCUT2D eigenvalue weighted by molar-refractivity contribution is 0.00578. The third-order valence-corrected chi connectivity index (χ3v) is 4.44. The first-order chi connectivity index (χ1) is 9.60. The van der Waals surface area contributed by atoms with Gasteiger partial charge in [0.1, 0.15) is 0 Å². The minimum Gasteiger partial charge on any atom is -0.465 e. The Labute approximate surface area is 125 Å². The van der Waals surface area contributed by atoms with Gasteiger partial charge in [-0.15, -0.1) is 0 Å². The van der Waals surface area contributed by atoms with Gasteiger partial charge in [-0.25, -0.2) is 4.79 Å². The van der Waals surface area contributed by atoms with E-state index in [-0.39, 0.29) is 0 Å². The SMILES string of the molecule is COC(=O)c1ccc(N)c(B2OC(C)(C)C(C)(C)O2)c1C. The smallest absolute Gasteiger partial charge is 0.465 e. The maximum Gasteiger partial charge on any atom is 0.497 e. The lowest BCUT2D eigenvalue weighted by atomic mass is 9.74. The first kappa shape index (κ1) is 15.9. The van der Waals surface area contributed by atoms with Gasteiger partial charge in [0.2, 0.25) is 0 Å². The average Bonchev–Trinajstić information content (AvgIpc) is 2.57. The number of nitrogen functional groups attached to an aromatic ring is 1. The standard InChI is InChI=1S/C15H22BNO4/c1-9-10(13(18)19-6)7-8-11(17)12(9)16-20-14(2,3)15(4,5)21-16/h7-8H,17H2,1-6H3. The van der Waals surface area contributed by atoms with E-state index in [0.29, 0.717) is 16.7 Å². The third-order valence-electron chi connectivity index (χ3n) is 4.44. The molecule has 2 rings (SSSR count). The molecule has 1 heterocycles. The van der Waals surface area contributed by atoms with Crippen LogP contribution >= 0.6 is 0 Å². The number of ether oxygens (including phenoxy) is 1. The molecule has 1 aromatic rings. The van der Waals surface area contributed by atoms with E-state index in [9.17, 15) is 4.79 Å². The summed E-state index contributed by atoms with van der Waals surface area (Å²) in [6.45, 7) is 9.72. The molecule has 1 aliphatic heterocycles. The van der Waals surface area contributed by atoms with E-state index < -0.39 is 24.3 Å². The van der Waals surface area contributed by atoms with Crippen molar-refractivity contribution in [1.82, 2.24) is 0 Å². The van der Waals surface area contributed by atoms with Gasteiger partial charge in [-0.1, -0.05) is 0 Å². The molecule has 0 amide bonds. The number of methoxy groups -OCH3 is 1. The van der Waals surface area contributed by atoms with Gasteiger partial charge in [0.05, 0.1) is 23.9 Å². The highest BCUT2D eigenvalue weighted by molar-refractivity contribution is 6.64. The summed E-state index contributed by atoms with van der Waals surface area (Å²) in [6, 6.07) is 3.34. The fourth-order valence-corrected chi connectivity index (χ4v) is 2.35. The quantitative estimate of drug-likeness (QED) is 0.510. The number of carbonyl (C=O) groups excluding carboxylic acids is 1. The number of esters is 1. The number of hydrogen-bond donors (Lipinski definition) is 1. The summed E-state index contributed by atoms with van der Waals surface area (Å²) >= 11 is 0. The van der Waals surface area contributed by atoms with Crippen molar-refractivity contribution in [2.75, 3.05) is 12.8 Å². The Bertz CT molecular complexity index is 567. The van der Waals surface area contributed by atoms with Crippen LogP contribution in [-0.4, -0.2) is 31.4 Å². The Kier molecular flexibility index (Phi) is 3.80. The van der Waals surface area contributed by atoms with Crippen LogP contribution in [0.3, 0.4) is 0 Å². The van der Waals surface area contributed by atoms with Crippen molar-refractivity contribution in [2.45, 2.75) is 45.8 Å². The van der Waals surface area contributed by atoms with Gasteiger partial charge in [0.15, 0.2) is 0 Å². The molecule has 0 radical (unpaired) electrons. The molecule has 0 unspecified atom stereocenters. The number of anilines is 1. The Morgan fingerprint density at radius 3 is 2.19 bits per heavy atom. The molecule has 0 saturated carbocycles. The maximum atomic E-state index is 11.8. The average molecular weight is 291 g/mol. The van der Waals surface area contributed by atoms with Crippen LogP contribution in [-0.2, 0) is 14.0 Å². The molecule has 5 nitrogen and oxygen atoms in total. The summed E-state index contributed by atoms with van der Waals surface area (Å²) in [5, 5.41) is 0. The molecule has 114 valence electrons. The summed E-state index contributed by atoms with van der Waals surface area (Å²) in [4.78, 5) is 11.8. The molecule has 1 aromatic carbocycles. The highest BCUT2D eigenvalue weighted by Crippen LogP contribution is 2.37. The van der Waals surface area contributed by atoms with Crippen molar-refractivity contribution in [3.05, 3.63) is 23.3 Å². The van der Waals surface area contributed by atoms with Crippen LogP contribution in [0, 0.1) is 6.92 Å². The van der Waals surface area contributed by atoms with Crippen LogP contribution in [0.5, 0.6) is 0 Å². The number of nitrogens with two attached hydrogens (primary N) is 1. The third kappa shape index (κ3) is 2.54. The Hall–Kier alpha value is -1.53. The van der Waals surface area contributed by atoms with Gasteiger partial charge in [-0.2, -0.15) is 0 Å². The molecule has 1 saturated heterocycles. The minimum atomic E-state index is -0.598. The molecule has 0 aliphatic carbocycles. The monoisotopic (exact) mass is 291 g/mol. The van der Waals surface area contributed by atoms with E-state index in [0.717, 1.165) is 5.56 Å². The molecule has 0 bridgehead atoms. The molecule has 6 heteroatoms. The van der Waals surface area contributed by atoms with E-state index in [1.165, 1.54) is 7.11 Å². The zero-order valence-electron chi connectivity index (χ0n) is 13.4. The van der Waals surface area contributed by atoms with Gasteiger partial charge < -0.3 is 19.8 Å². The highest BCUT2D eigenvalue weighted by atomic mass is 16.7. The largest absolute Gasteiger partial charge is 0.497 e. The zero-order valence-corrected chi connectivity index (χ0v) is 13.4. The molecule has 0 atom stereocenters. The maximum absolute atomic E-state index is 11.8. The summed E-state index contributed by atoms with van der Waals surface area (Å²) in [7, 11) is 0.756. The van der Waals surface area contributed by atoms with Crippen molar-refractivity contribution >= 4 is 24.2 Å². The summed E-state index contributed by atoms with van der Waals surface area (Å²) in [6.07, 6.45) is 0. The fraction of sp³-hybridized carbons (Fsp3) is 0.533. The van der Waals surface area contributed by atoms with Crippen molar-refractivity contribution in [3.8, 4) is 0 Å². The number of carbonyl (C=O) groups is 1. The first-order valence-corrected chi connectivity index (χ1v) is 6.93. The second-order valence-electron chi connectivity index (χ2n) is 6.32. The van der Waals surface area contributed by atoms with Crippen LogP contribution in [0.2, 0.25) is 0 Å². The second kappa shape index (κ2) is 5.03. The minimum absolute atomic E-state index is 0.398. The lowest BCUT2D eigenvalue weighted by Gasteiger charge is -2.32. The first-order valence-electron chi connectivity index (χ1n) is 6.93. The molecule has 2 N–H and O–H groups in total. The number of hydrogen-bond acceptors (Lipinski definition) is 5. The molecular formula is C15H22BNO4. The van der Waals surface area contributed by atoms with Crippen LogP contribution in [0.15, 0.2) is 12.1 Å². The van der Waals surface area contributed by atoms with E-state index in [1.807, 2.05) is 34.6 Å². The van der Waals surface area contributed by atoms with Crippen molar-refractivity contribution < 1.29 is 18.8 Å².